The van der Waals surface area contributed by atoms with Crippen LogP contribution in [0.1, 0.15) is 29.5 Å². The van der Waals surface area contributed by atoms with Gasteiger partial charge in [0.15, 0.2) is 0 Å². The van der Waals surface area contributed by atoms with Crippen LogP contribution >= 0.6 is 0 Å². The van der Waals surface area contributed by atoms with Gasteiger partial charge in [0.2, 0.25) is 0 Å². The molecule has 1 aromatic heterocycles. The van der Waals surface area contributed by atoms with E-state index < -0.39 is 6.10 Å². The molecule has 94 valence electrons. The molecule has 2 atom stereocenters. The summed E-state index contributed by atoms with van der Waals surface area (Å²) in [5.74, 6) is 0.228. The Labute approximate surface area is 101 Å². The van der Waals surface area contributed by atoms with Crippen molar-refractivity contribution >= 4 is 5.91 Å². The minimum atomic E-state index is -0.415. The molecule has 1 N–H and O–H groups in total. The third kappa shape index (κ3) is 2.34. The summed E-state index contributed by atoms with van der Waals surface area (Å²) in [4.78, 5) is 13.9. The van der Waals surface area contributed by atoms with E-state index in [0.29, 0.717) is 18.8 Å². The lowest BCUT2D eigenvalue weighted by molar-refractivity contribution is 0.0242. The first-order valence-electron chi connectivity index (χ1n) is 5.97. The fourth-order valence-electron chi connectivity index (χ4n) is 2.21. The van der Waals surface area contributed by atoms with Crippen LogP contribution in [0.15, 0.2) is 6.07 Å². The Morgan fingerprint density at radius 1 is 1.59 bits per heavy atom. The molecule has 0 spiro atoms. The minimum absolute atomic E-state index is 0.0425. The Morgan fingerprint density at radius 3 is 2.82 bits per heavy atom. The molecule has 0 aliphatic carbocycles. The standard InChI is InChI=1S/C12H19N3O2/c1-8-4-5-15(7-11(8)16)12(17)10-6-9(2)13-14(10)3/h6,8,11,16H,4-5,7H2,1-3H3. The number of β-amino-alcohol motifs (C(OH)–C–C–N with tert-alkyl or cyclic N) is 1. The molecule has 0 saturated carbocycles. The number of aryl methyl sites for hydroxylation is 2. The van der Waals surface area contributed by atoms with Gasteiger partial charge in [-0.05, 0) is 25.3 Å². The van der Waals surface area contributed by atoms with Gasteiger partial charge in [0.1, 0.15) is 5.69 Å². The van der Waals surface area contributed by atoms with E-state index in [-0.39, 0.29) is 11.8 Å². The lowest BCUT2D eigenvalue weighted by Gasteiger charge is -2.34. The number of hydrogen-bond donors (Lipinski definition) is 1. The summed E-state index contributed by atoms with van der Waals surface area (Å²) < 4.78 is 1.60. The van der Waals surface area contributed by atoms with E-state index in [0.717, 1.165) is 12.1 Å². The van der Waals surface area contributed by atoms with E-state index in [1.54, 1.807) is 22.7 Å². The quantitative estimate of drug-likeness (QED) is 0.777. The third-order valence-electron chi connectivity index (χ3n) is 3.43. The van der Waals surface area contributed by atoms with Crippen molar-refractivity contribution in [3.05, 3.63) is 17.5 Å². The van der Waals surface area contributed by atoms with Gasteiger partial charge in [-0.3, -0.25) is 9.48 Å². The van der Waals surface area contributed by atoms with Crippen LogP contribution < -0.4 is 0 Å². The van der Waals surface area contributed by atoms with E-state index in [1.165, 1.54) is 0 Å². The zero-order chi connectivity index (χ0) is 12.6. The molecule has 2 unspecified atom stereocenters. The Morgan fingerprint density at radius 2 is 2.29 bits per heavy atom. The van der Waals surface area contributed by atoms with Crippen molar-refractivity contribution in [2.75, 3.05) is 13.1 Å². The number of aliphatic hydroxyl groups is 1. The summed E-state index contributed by atoms with van der Waals surface area (Å²) in [5.41, 5.74) is 1.42. The predicted molar refractivity (Wildman–Crippen MR) is 63.6 cm³/mol. The Balaban J connectivity index is 2.13. The lowest BCUT2D eigenvalue weighted by atomic mass is 9.96. The number of aromatic nitrogens is 2. The Kier molecular flexibility index (Phi) is 3.19. The van der Waals surface area contributed by atoms with Crippen molar-refractivity contribution in [1.82, 2.24) is 14.7 Å². The number of nitrogens with zero attached hydrogens (tertiary/aromatic N) is 3. The molecular formula is C12H19N3O2. The average Bonchev–Trinajstić information content (AvgIpc) is 2.61. The van der Waals surface area contributed by atoms with Crippen LogP contribution in [0, 0.1) is 12.8 Å². The van der Waals surface area contributed by atoms with Crippen LogP contribution in [0.5, 0.6) is 0 Å². The smallest absolute Gasteiger partial charge is 0.272 e. The Bertz CT molecular complexity index is 427. The fraction of sp³-hybridized carbons (Fsp3) is 0.667. The molecule has 1 aromatic rings. The molecule has 5 nitrogen and oxygen atoms in total. The van der Waals surface area contributed by atoms with Gasteiger partial charge in [-0.15, -0.1) is 0 Å². The molecule has 1 aliphatic rings. The molecule has 0 bridgehead atoms. The number of hydrogen-bond acceptors (Lipinski definition) is 3. The molecule has 2 heterocycles. The molecule has 2 rings (SSSR count). The first-order chi connectivity index (χ1) is 7.99. The van der Waals surface area contributed by atoms with Gasteiger partial charge < -0.3 is 10.0 Å². The topological polar surface area (TPSA) is 58.4 Å². The molecular weight excluding hydrogens is 218 g/mol. The van der Waals surface area contributed by atoms with E-state index in [4.69, 9.17) is 0 Å². The second kappa shape index (κ2) is 4.49. The highest BCUT2D eigenvalue weighted by Crippen LogP contribution is 2.19. The average molecular weight is 237 g/mol. The summed E-state index contributed by atoms with van der Waals surface area (Å²) in [5, 5.41) is 14.0. The van der Waals surface area contributed by atoms with Crippen molar-refractivity contribution in [2.24, 2.45) is 13.0 Å². The predicted octanol–water partition coefficient (Wildman–Crippen LogP) is 0.571. The number of carbonyl (C=O) groups excluding carboxylic acids is 1. The highest BCUT2D eigenvalue weighted by atomic mass is 16.3. The minimum Gasteiger partial charge on any atom is -0.391 e. The number of rotatable bonds is 1. The number of likely N-dealkylation sites (tertiary alicyclic amines) is 1. The van der Waals surface area contributed by atoms with E-state index in [1.807, 2.05) is 13.8 Å². The zero-order valence-electron chi connectivity index (χ0n) is 10.6. The maximum Gasteiger partial charge on any atom is 0.272 e. The van der Waals surface area contributed by atoms with Crippen molar-refractivity contribution in [3.63, 3.8) is 0 Å². The summed E-state index contributed by atoms with van der Waals surface area (Å²) in [6.45, 7) is 5.01. The van der Waals surface area contributed by atoms with Gasteiger partial charge >= 0.3 is 0 Å². The summed E-state index contributed by atoms with van der Waals surface area (Å²) in [6, 6.07) is 1.78. The second-order valence-corrected chi connectivity index (χ2v) is 4.88. The van der Waals surface area contributed by atoms with Crippen LogP contribution in [0.25, 0.3) is 0 Å². The van der Waals surface area contributed by atoms with Crippen molar-refractivity contribution in [1.29, 1.82) is 0 Å². The summed E-state index contributed by atoms with van der Waals surface area (Å²) in [7, 11) is 1.77. The highest BCUT2D eigenvalue weighted by molar-refractivity contribution is 5.92. The Hall–Kier alpha value is -1.36. The zero-order valence-corrected chi connectivity index (χ0v) is 10.6. The highest BCUT2D eigenvalue weighted by Gasteiger charge is 2.29. The van der Waals surface area contributed by atoms with Gasteiger partial charge in [0.25, 0.3) is 5.91 Å². The van der Waals surface area contributed by atoms with Crippen LogP contribution in [-0.4, -0.2) is 44.9 Å². The van der Waals surface area contributed by atoms with Crippen LogP contribution in [-0.2, 0) is 7.05 Å². The second-order valence-electron chi connectivity index (χ2n) is 4.88. The maximum absolute atomic E-state index is 12.2. The number of carbonyl (C=O) groups is 1. The van der Waals surface area contributed by atoms with Crippen LogP contribution in [0.4, 0.5) is 0 Å². The van der Waals surface area contributed by atoms with Gasteiger partial charge in [0.05, 0.1) is 11.8 Å². The van der Waals surface area contributed by atoms with E-state index in [2.05, 4.69) is 5.10 Å². The monoisotopic (exact) mass is 237 g/mol. The van der Waals surface area contributed by atoms with Gasteiger partial charge in [-0.25, -0.2) is 0 Å². The molecule has 0 radical (unpaired) electrons. The first kappa shape index (κ1) is 12.1. The number of piperidine rings is 1. The van der Waals surface area contributed by atoms with Crippen LogP contribution in [0.3, 0.4) is 0 Å². The molecule has 1 fully saturated rings. The largest absolute Gasteiger partial charge is 0.391 e. The molecule has 1 aliphatic heterocycles. The van der Waals surface area contributed by atoms with Crippen molar-refractivity contribution in [2.45, 2.75) is 26.4 Å². The molecule has 17 heavy (non-hydrogen) atoms. The SMILES string of the molecule is Cc1cc(C(=O)N2CCC(C)C(O)C2)n(C)n1. The van der Waals surface area contributed by atoms with Crippen LogP contribution in [0.2, 0.25) is 0 Å². The fourth-order valence-corrected chi connectivity index (χ4v) is 2.21. The molecule has 1 saturated heterocycles. The molecule has 0 aromatic carbocycles. The summed E-state index contributed by atoms with van der Waals surface area (Å²) in [6.07, 6.45) is 0.436. The first-order valence-corrected chi connectivity index (χ1v) is 5.97. The third-order valence-corrected chi connectivity index (χ3v) is 3.43. The van der Waals surface area contributed by atoms with E-state index >= 15 is 0 Å². The normalized spacial score (nSPS) is 25.1. The van der Waals surface area contributed by atoms with Gasteiger partial charge in [-0.2, -0.15) is 5.10 Å². The van der Waals surface area contributed by atoms with Gasteiger partial charge in [-0.1, -0.05) is 6.92 Å². The summed E-state index contributed by atoms with van der Waals surface area (Å²) >= 11 is 0. The molecule has 1 amide bonds. The van der Waals surface area contributed by atoms with Crippen molar-refractivity contribution < 1.29 is 9.90 Å². The molecule has 5 heteroatoms. The number of amides is 1. The lowest BCUT2D eigenvalue weighted by Crippen LogP contribution is -2.46. The number of aliphatic hydroxyl groups excluding tert-OH is 1. The van der Waals surface area contributed by atoms with Crippen molar-refractivity contribution in [3.8, 4) is 0 Å². The maximum atomic E-state index is 12.2. The van der Waals surface area contributed by atoms with E-state index in [9.17, 15) is 9.90 Å². The van der Waals surface area contributed by atoms with Gasteiger partial charge in [0, 0.05) is 20.1 Å².